The highest BCUT2D eigenvalue weighted by atomic mass is 127. The molecule has 7 nitrogen and oxygen atoms in total. The molecule has 0 aliphatic carbocycles. The number of hydrogen-bond acceptors (Lipinski definition) is 5. The van der Waals surface area contributed by atoms with Crippen molar-refractivity contribution in [3.8, 4) is 11.5 Å². The molecule has 3 heterocycles. The summed E-state index contributed by atoms with van der Waals surface area (Å²) in [6.07, 6.45) is 5.01. The molecule has 170 valence electrons. The number of ether oxygens (including phenoxy) is 2. The van der Waals surface area contributed by atoms with Crippen LogP contribution < -0.4 is 20.1 Å². The molecule has 1 atom stereocenters. The fourth-order valence-corrected chi connectivity index (χ4v) is 4.28. The van der Waals surface area contributed by atoms with Crippen LogP contribution in [0.5, 0.6) is 11.5 Å². The number of aliphatic imine (C=N–C) groups is 1. The van der Waals surface area contributed by atoms with Crippen LogP contribution in [-0.4, -0.2) is 57.3 Å². The van der Waals surface area contributed by atoms with Gasteiger partial charge in [0.1, 0.15) is 19.0 Å². The van der Waals surface area contributed by atoms with Crippen LogP contribution in [0.1, 0.15) is 30.2 Å². The molecule has 2 aliphatic rings. The summed E-state index contributed by atoms with van der Waals surface area (Å²) in [6, 6.07) is 8.14. The van der Waals surface area contributed by atoms with Gasteiger partial charge in [0.25, 0.3) is 0 Å². The van der Waals surface area contributed by atoms with Crippen LogP contribution in [0, 0.1) is 0 Å². The Kier molecular flexibility index (Phi) is 9.15. The van der Waals surface area contributed by atoms with Crippen molar-refractivity contribution in [1.29, 1.82) is 0 Å². The van der Waals surface area contributed by atoms with E-state index in [0.717, 1.165) is 55.6 Å². The molecule has 0 bridgehead atoms. The molecule has 2 aromatic rings. The van der Waals surface area contributed by atoms with Crippen molar-refractivity contribution in [3.05, 3.63) is 46.9 Å². The number of benzene rings is 1. The molecule has 1 unspecified atom stereocenters. The normalized spacial score (nSPS) is 17.2. The zero-order valence-electron chi connectivity index (χ0n) is 17.7. The molecule has 0 radical (unpaired) electrons. The van der Waals surface area contributed by atoms with E-state index >= 15 is 0 Å². The Balaban J connectivity index is 0.00000272. The third-order valence-corrected chi connectivity index (χ3v) is 5.78. The Morgan fingerprint density at radius 2 is 2.00 bits per heavy atom. The van der Waals surface area contributed by atoms with Crippen LogP contribution in [0.3, 0.4) is 0 Å². The summed E-state index contributed by atoms with van der Waals surface area (Å²) in [5, 5.41) is 7.43. The molecule has 4 rings (SSSR count). The standard InChI is InChI=1S/C22H29ClN4O3.HI/c1-24-22(26-15-18(19-5-4-10-28-19)27-8-2-3-9-27)25-7-6-16-13-17(23)21-20(14-16)29-11-12-30-21;/h4-5,10,13-14,18H,2-3,6-9,11-12,15H2,1H3,(H2,24,25,26);1H. The van der Waals surface area contributed by atoms with Crippen LogP contribution >= 0.6 is 35.6 Å². The summed E-state index contributed by atoms with van der Waals surface area (Å²) in [7, 11) is 1.79. The minimum Gasteiger partial charge on any atom is -0.486 e. The molecule has 9 heteroatoms. The Hall–Kier alpha value is -1.65. The number of nitrogens with one attached hydrogen (secondary N) is 2. The second kappa shape index (κ2) is 11.8. The number of rotatable bonds is 7. The molecule has 1 aromatic carbocycles. The topological polar surface area (TPSA) is 71.3 Å². The average Bonchev–Trinajstić information content (AvgIpc) is 3.48. The summed E-state index contributed by atoms with van der Waals surface area (Å²) in [6.45, 7) is 4.75. The number of furan rings is 1. The predicted molar refractivity (Wildman–Crippen MR) is 133 cm³/mol. The molecule has 1 aromatic heterocycles. The van der Waals surface area contributed by atoms with Crippen molar-refractivity contribution in [2.45, 2.75) is 25.3 Å². The van der Waals surface area contributed by atoms with Gasteiger partial charge in [0.15, 0.2) is 17.5 Å². The molecule has 1 saturated heterocycles. The fraction of sp³-hybridized carbons (Fsp3) is 0.500. The molecular weight excluding hydrogens is 531 g/mol. The van der Waals surface area contributed by atoms with E-state index < -0.39 is 0 Å². The van der Waals surface area contributed by atoms with Gasteiger partial charge in [-0.05, 0) is 62.2 Å². The first-order valence-electron chi connectivity index (χ1n) is 10.5. The maximum absolute atomic E-state index is 6.34. The molecule has 0 spiro atoms. The van der Waals surface area contributed by atoms with Gasteiger partial charge in [0.05, 0.1) is 17.3 Å². The van der Waals surface area contributed by atoms with Crippen molar-refractivity contribution in [3.63, 3.8) is 0 Å². The highest BCUT2D eigenvalue weighted by Crippen LogP contribution is 2.38. The van der Waals surface area contributed by atoms with Crippen molar-refractivity contribution in [2.24, 2.45) is 4.99 Å². The highest BCUT2D eigenvalue weighted by molar-refractivity contribution is 14.0. The zero-order valence-corrected chi connectivity index (χ0v) is 20.8. The number of halogens is 2. The zero-order chi connectivity index (χ0) is 20.8. The van der Waals surface area contributed by atoms with Gasteiger partial charge in [-0.15, -0.1) is 24.0 Å². The maximum atomic E-state index is 6.34. The second-order valence-electron chi connectivity index (χ2n) is 7.51. The average molecular weight is 561 g/mol. The smallest absolute Gasteiger partial charge is 0.191 e. The lowest BCUT2D eigenvalue weighted by atomic mass is 10.1. The SMILES string of the molecule is CN=C(NCCc1cc(Cl)c2c(c1)OCCO2)NCC(c1ccco1)N1CCCC1.I. The number of hydrogen-bond donors (Lipinski definition) is 2. The molecular formula is C22H30ClIN4O3. The van der Waals surface area contributed by atoms with Crippen LogP contribution in [0.4, 0.5) is 0 Å². The Bertz CT molecular complexity index is 857. The molecule has 0 saturated carbocycles. The summed E-state index contributed by atoms with van der Waals surface area (Å²) in [4.78, 5) is 6.83. The number of guanidine groups is 1. The monoisotopic (exact) mass is 560 g/mol. The molecule has 1 fully saturated rings. The first kappa shape index (κ1) is 24.0. The first-order valence-corrected chi connectivity index (χ1v) is 10.9. The Morgan fingerprint density at radius 1 is 1.19 bits per heavy atom. The van der Waals surface area contributed by atoms with E-state index in [0.29, 0.717) is 24.0 Å². The second-order valence-corrected chi connectivity index (χ2v) is 7.91. The summed E-state index contributed by atoms with van der Waals surface area (Å²) < 4.78 is 16.9. The van der Waals surface area contributed by atoms with Crippen molar-refractivity contribution < 1.29 is 13.9 Å². The minimum atomic E-state index is 0. The maximum Gasteiger partial charge on any atom is 0.191 e. The van der Waals surface area contributed by atoms with Gasteiger partial charge >= 0.3 is 0 Å². The summed E-state index contributed by atoms with van der Waals surface area (Å²) in [5.74, 6) is 3.13. The van der Waals surface area contributed by atoms with Crippen LogP contribution in [-0.2, 0) is 6.42 Å². The minimum absolute atomic E-state index is 0. The van der Waals surface area contributed by atoms with Crippen molar-refractivity contribution in [2.75, 3.05) is 46.4 Å². The number of fused-ring (bicyclic) bond motifs is 1. The third kappa shape index (κ3) is 6.20. The quantitative estimate of drug-likeness (QED) is 0.304. The van der Waals surface area contributed by atoms with Gasteiger partial charge in [-0.25, -0.2) is 0 Å². The van der Waals surface area contributed by atoms with Gasteiger partial charge in [0, 0.05) is 20.1 Å². The molecule has 2 aliphatic heterocycles. The van der Waals surface area contributed by atoms with E-state index in [1.807, 2.05) is 24.3 Å². The van der Waals surface area contributed by atoms with E-state index in [2.05, 4.69) is 20.5 Å². The Morgan fingerprint density at radius 3 is 2.74 bits per heavy atom. The molecule has 0 amide bonds. The Labute approximate surface area is 205 Å². The number of nitrogens with zero attached hydrogens (tertiary/aromatic N) is 2. The van der Waals surface area contributed by atoms with E-state index in [1.165, 1.54) is 12.8 Å². The van der Waals surface area contributed by atoms with Gasteiger partial charge in [-0.3, -0.25) is 9.89 Å². The third-order valence-electron chi connectivity index (χ3n) is 5.50. The van der Waals surface area contributed by atoms with Crippen molar-refractivity contribution in [1.82, 2.24) is 15.5 Å². The fourth-order valence-electron chi connectivity index (χ4n) is 3.99. The van der Waals surface area contributed by atoms with E-state index in [9.17, 15) is 0 Å². The molecule has 2 N–H and O–H groups in total. The van der Waals surface area contributed by atoms with Crippen LogP contribution in [0.25, 0.3) is 0 Å². The van der Waals surface area contributed by atoms with Crippen LogP contribution in [0.2, 0.25) is 5.02 Å². The summed E-state index contributed by atoms with van der Waals surface area (Å²) in [5.41, 5.74) is 1.10. The van der Waals surface area contributed by atoms with E-state index in [4.69, 9.17) is 25.5 Å². The number of likely N-dealkylation sites (tertiary alicyclic amines) is 1. The summed E-state index contributed by atoms with van der Waals surface area (Å²) >= 11 is 6.34. The van der Waals surface area contributed by atoms with Gasteiger partial charge in [0.2, 0.25) is 0 Å². The van der Waals surface area contributed by atoms with Crippen molar-refractivity contribution >= 4 is 41.5 Å². The lowest BCUT2D eigenvalue weighted by molar-refractivity contribution is 0.171. The van der Waals surface area contributed by atoms with Gasteiger partial charge < -0.3 is 24.5 Å². The largest absolute Gasteiger partial charge is 0.486 e. The van der Waals surface area contributed by atoms with Crippen LogP contribution in [0.15, 0.2) is 39.9 Å². The van der Waals surface area contributed by atoms with E-state index in [1.54, 1.807) is 13.3 Å². The lowest BCUT2D eigenvalue weighted by Crippen LogP contribution is -2.43. The predicted octanol–water partition coefficient (Wildman–Crippen LogP) is 3.87. The molecule has 31 heavy (non-hydrogen) atoms. The van der Waals surface area contributed by atoms with E-state index in [-0.39, 0.29) is 30.0 Å². The van der Waals surface area contributed by atoms with Gasteiger partial charge in [-0.1, -0.05) is 11.6 Å². The first-order chi connectivity index (χ1) is 14.7. The van der Waals surface area contributed by atoms with Gasteiger partial charge in [-0.2, -0.15) is 0 Å². The lowest BCUT2D eigenvalue weighted by Gasteiger charge is -2.26. The highest BCUT2D eigenvalue weighted by Gasteiger charge is 2.25.